The minimum absolute atomic E-state index is 0.104. The van der Waals surface area contributed by atoms with E-state index in [-0.39, 0.29) is 23.5 Å². The van der Waals surface area contributed by atoms with Crippen LogP contribution in [0.3, 0.4) is 0 Å². The van der Waals surface area contributed by atoms with Gasteiger partial charge in [0.05, 0.1) is 7.11 Å². The molecule has 2 nitrogen and oxygen atoms in total. The van der Waals surface area contributed by atoms with Crippen molar-refractivity contribution in [1.82, 2.24) is 0 Å². The Morgan fingerprint density at radius 3 is 2.21 bits per heavy atom. The quantitative estimate of drug-likeness (QED) is 0.746. The van der Waals surface area contributed by atoms with Gasteiger partial charge >= 0.3 is 0 Å². The summed E-state index contributed by atoms with van der Waals surface area (Å²) in [6, 6.07) is 2.11. The molecule has 4 heteroatoms. The zero-order chi connectivity index (χ0) is 10.7. The van der Waals surface area contributed by atoms with E-state index in [0.717, 1.165) is 12.1 Å². The van der Waals surface area contributed by atoms with Gasteiger partial charge in [0.2, 0.25) is 0 Å². The number of halogens is 2. The van der Waals surface area contributed by atoms with Crippen LogP contribution in [0.25, 0.3) is 0 Å². The van der Waals surface area contributed by atoms with E-state index < -0.39 is 11.6 Å². The maximum atomic E-state index is 13.2. The third-order valence-corrected chi connectivity index (χ3v) is 1.78. The first-order valence-corrected chi connectivity index (χ1v) is 4.06. The van der Waals surface area contributed by atoms with Gasteiger partial charge in [-0.25, -0.2) is 8.78 Å². The lowest BCUT2D eigenvalue weighted by molar-refractivity contribution is -0.116. The third-order valence-electron chi connectivity index (χ3n) is 1.78. The second kappa shape index (κ2) is 4.17. The van der Waals surface area contributed by atoms with Crippen molar-refractivity contribution < 1.29 is 18.3 Å². The average Bonchev–Trinajstić information content (AvgIpc) is 2.10. The molecule has 0 saturated carbocycles. The fraction of sp³-hybridized carbons (Fsp3) is 0.300. The van der Waals surface area contributed by atoms with Crippen LogP contribution in [0, 0.1) is 11.6 Å². The number of hydrogen-bond donors (Lipinski definition) is 0. The number of ketones is 1. The zero-order valence-electron chi connectivity index (χ0n) is 7.93. The zero-order valence-corrected chi connectivity index (χ0v) is 7.93. The maximum absolute atomic E-state index is 13.2. The summed E-state index contributed by atoms with van der Waals surface area (Å²) in [6.45, 7) is 1.28. The molecule has 0 atom stereocenters. The van der Waals surface area contributed by atoms with Gasteiger partial charge in [-0.05, 0) is 6.92 Å². The van der Waals surface area contributed by atoms with Crippen LogP contribution in [0.1, 0.15) is 12.5 Å². The highest BCUT2D eigenvalue weighted by Gasteiger charge is 2.12. The topological polar surface area (TPSA) is 26.3 Å². The van der Waals surface area contributed by atoms with Crippen LogP contribution >= 0.6 is 0 Å². The standard InChI is InChI=1S/C10H10F2O2/c1-6(13)3-8-9(11)4-7(14-2)5-10(8)12/h4-5H,3H2,1-2H3. The van der Waals surface area contributed by atoms with E-state index in [1.807, 2.05) is 0 Å². The second-order valence-corrected chi connectivity index (χ2v) is 2.95. The summed E-state index contributed by atoms with van der Waals surface area (Å²) in [6.07, 6.45) is -0.234. The van der Waals surface area contributed by atoms with E-state index in [0.29, 0.717) is 0 Å². The molecule has 0 aromatic heterocycles. The van der Waals surface area contributed by atoms with Crippen LogP contribution in [-0.4, -0.2) is 12.9 Å². The van der Waals surface area contributed by atoms with E-state index >= 15 is 0 Å². The SMILES string of the molecule is COc1cc(F)c(CC(C)=O)c(F)c1. The predicted molar refractivity (Wildman–Crippen MR) is 47.3 cm³/mol. The van der Waals surface area contributed by atoms with Gasteiger partial charge in [-0.2, -0.15) is 0 Å². The molecule has 0 aliphatic heterocycles. The molecule has 0 N–H and O–H groups in total. The van der Waals surface area contributed by atoms with Crippen molar-refractivity contribution in [2.24, 2.45) is 0 Å². The van der Waals surface area contributed by atoms with Crippen molar-refractivity contribution in [2.45, 2.75) is 13.3 Å². The lowest BCUT2D eigenvalue weighted by Crippen LogP contribution is -2.03. The van der Waals surface area contributed by atoms with Gasteiger partial charge < -0.3 is 4.74 Å². The largest absolute Gasteiger partial charge is 0.497 e. The first-order valence-electron chi connectivity index (χ1n) is 4.06. The maximum Gasteiger partial charge on any atom is 0.134 e. The summed E-state index contributed by atoms with van der Waals surface area (Å²) >= 11 is 0. The minimum atomic E-state index is -0.753. The Balaban J connectivity index is 3.11. The molecular formula is C10H10F2O2. The smallest absolute Gasteiger partial charge is 0.134 e. The number of rotatable bonds is 3. The predicted octanol–water partition coefficient (Wildman–Crippen LogP) is 2.10. The number of benzene rings is 1. The molecule has 0 heterocycles. The van der Waals surface area contributed by atoms with Crippen LogP contribution in [-0.2, 0) is 11.2 Å². The molecule has 0 saturated heterocycles. The molecule has 0 radical (unpaired) electrons. The molecule has 0 unspecified atom stereocenters. The fourth-order valence-electron chi connectivity index (χ4n) is 1.12. The van der Waals surface area contributed by atoms with Gasteiger partial charge in [0.25, 0.3) is 0 Å². The van der Waals surface area contributed by atoms with Crippen LogP contribution in [0.2, 0.25) is 0 Å². The van der Waals surface area contributed by atoms with Crippen molar-refractivity contribution in [3.8, 4) is 5.75 Å². The summed E-state index contributed by atoms with van der Waals surface area (Å²) in [7, 11) is 1.32. The first-order chi connectivity index (χ1) is 6.54. The van der Waals surface area contributed by atoms with E-state index in [9.17, 15) is 13.6 Å². The van der Waals surface area contributed by atoms with Gasteiger partial charge in [-0.15, -0.1) is 0 Å². The highest BCUT2D eigenvalue weighted by Crippen LogP contribution is 2.20. The van der Waals surface area contributed by atoms with Crippen LogP contribution in [0.4, 0.5) is 8.78 Å². The lowest BCUT2D eigenvalue weighted by Gasteiger charge is -2.05. The van der Waals surface area contributed by atoms with Crippen molar-refractivity contribution >= 4 is 5.78 Å². The van der Waals surface area contributed by atoms with E-state index in [4.69, 9.17) is 0 Å². The number of Topliss-reactive ketones (excluding diaryl/α,β-unsaturated/α-hetero) is 1. The van der Waals surface area contributed by atoms with E-state index in [1.165, 1.54) is 14.0 Å². The first kappa shape index (κ1) is 10.6. The Labute approximate surface area is 80.5 Å². The molecule has 1 rings (SSSR count). The molecule has 0 spiro atoms. The lowest BCUT2D eigenvalue weighted by atomic mass is 10.1. The van der Waals surface area contributed by atoms with Gasteiger partial charge in [0.15, 0.2) is 0 Å². The van der Waals surface area contributed by atoms with Gasteiger partial charge in [-0.1, -0.05) is 0 Å². The number of carbonyl (C=O) groups excluding carboxylic acids is 1. The Kier molecular flexibility index (Phi) is 3.17. The van der Waals surface area contributed by atoms with Crippen molar-refractivity contribution in [3.05, 3.63) is 29.3 Å². The molecule has 1 aromatic rings. The number of hydrogen-bond acceptors (Lipinski definition) is 2. The molecule has 76 valence electrons. The third kappa shape index (κ3) is 2.28. The summed E-state index contributed by atoms with van der Waals surface area (Å²) in [4.78, 5) is 10.7. The van der Waals surface area contributed by atoms with Crippen molar-refractivity contribution in [2.75, 3.05) is 7.11 Å². The summed E-state index contributed by atoms with van der Waals surface area (Å²) in [5, 5.41) is 0. The Bertz CT molecular complexity index is 338. The Morgan fingerprint density at radius 2 is 1.86 bits per heavy atom. The molecule has 1 aromatic carbocycles. The van der Waals surface area contributed by atoms with Crippen LogP contribution in [0.15, 0.2) is 12.1 Å². The summed E-state index contributed by atoms with van der Waals surface area (Å²) in [5.74, 6) is -1.69. The fourth-order valence-corrected chi connectivity index (χ4v) is 1.12. The molecule has 0 amide bonds. The summed E-state index contributed by atoms with van der Waals surface area (Å²) < 4.78 is 31.0. The van der Waals surface area contributed by atoms with E-state index in [2.05, 4.69) is 4.74 Å². The van der Waals surface area contributed by atoms with Crippen LogP contribution in [0.5, 0.6) is 5.75 Å². The monoisotopic (exact) mass is 200 g/mol. The minimum Gasteiger partial charge on any atom is -0.497 e. The molecule has 0 aliphatic carbocycles. The number of methoxy groups -OCH3 is 1. The second-order valence-electron chi connectivity index (χ2n) is 2.95. The molecule has 0 bridgehead atoms. The molecule has 14 heavy (non-hydrogen) atoms. The highest BCUT2D eigenvalue weighted by molar-refractivity contribution is 5.78. The number of ether oxygens (including phenoxy) is 1. The molecule has 0 aliphatic rings. The van der Waals surface area contributed by atoms with Crippen molar-refractivity contribution in [3.63, 3.8) is 0 Å². The van der Waals surface area contributed by atoms with Crippen molar-refractivity contribution in [1.29, 1.82) is 0 Å². The summed E-state index contributed by atoms with van der Waals surface area (Å²) in [5.41, 5.74) is -0.210. The average molecular weight is 200 g/mol. The normalized spacial score (nSPS) is 10.0. The van der Waals surface area contributed by atoms with Crippen LogP contribution < -0.4 is 4.74 Å². The number of carbonyl (C=O) groups is 1. The molecule has 0 fully saturated rings. The Hall–Kier alpha value is -1.45. The molecular weight excluding hydrogens is 190 g/mol. The van der Waals surface area contributed by atoms with Gasteiger partial charge in [-0.3, -0.25) is 4.79 Å². The van der Waals surface area contributed by atoms with Gasteiger partial charge in [0, 0.05) is 24.1 Å². The van der Waals surface area contributed by atoms with E-state index in [1.54, 1.807) is 0 Å². The highest BCUT2D eigenvalue weighted by atomic mass is 19.1. The van der Waals surface area contributed by atoms with Gasteiger partial charge in [0.1, 0.15) is 23.2 Å². The Morgan fingerprint density at radius 1 is 1.36 bits per heavy atom.